The van der Waals surface area contributed by atoms with Gasteiger partial charge in [-0.2, -0.15) is 0 Å². The largest absolute Gasteiger partial charge is 0.488 e. The van der Waals surface area contributed by atoms with Crippen molar-refractivity contribution in [3.8, 4) is 5.75 Å². The molecule has 31 heavy (non-hydrogen) atoms. The Morgan fingerprint density at radius 1 is 0.968 bits per heavy atom. The van der Waals surface area contributed by atoms with Crippen LogP contribution in [0.15, 0.2) is 84.9 Å². The molecule has 0 fully saturated rings. The second-order valence-corrected chi connectivity index (χ2v) is 7.59. The number of hydrogen-bond donors (Lipinski definition) is 2. The van der Waals surface area contributed by atoms with Crippen molar-refractivity contribution in [2.24, 2.45) is 7.05 Å². The Bertz CT molecular complexity index is 1150. The van der Waals surface area contributed by atoms with E-state index in [2.05, 4.69) is 5.32 Å². The number of nitrogens with zero attached hydrogens (tertiary/aromatic N) is 1. The van der Waals surface area contributed by atoms with Gasteiger partial charge in [-0.25, -0.2) is 0 Å². The summed E-state index contributed by atoms with van der Waals surface area (Å²) in [7, 11) is 1.86. The van der Waals surface area contributed by atoms with Crippen molar-refractivity contribution in [2.45, 2.75) is 19.1 Å². The third-order valence-corrected chi connectivity index (χ3v) is 5.40. The lowest BCUT2D eigenvalue weighted by Gasteiger charge is -2.16. The summed E-state index contributed by atoms with van der Waals surface area (Å²) in [5.74, 6) is 0.515. The quantitative estimate of drug-likeness (QED) is 0.456. The Kier molecular flexibility index (Phi) is 6.34. The topological polar surface area (TPSA) is 63.5 Å². The Morgan fingerprint density at radius 3 is 2.32 bits per heavy atom. The van der Waals surface area contributed by atoms with E-state index in [-0.39, 0.29) is 18.6 Å². The minimum Gasteiger partial charge on any atom is -0.488 e. The number of carbonyl (C=O) groups is 1. The second-order valence-electron chi connectivity index (χ2n) is 7.59. The van der Waals surface area contributed by atoms with E-state index >= 15 is 0 Å². The van der Waals surface area contributed by atoms with Crippen LogP contribution in [0.25, 0.3) is 10.9 Å². The normalized spacial score (nSPS) is 11.9. The summed E-state index contributed by atoms with van der Waals surface area (Å²) in [6.45, 7) is 0.329. The van der Waals surface area contributed by atoms with E-state index in [1.807, 2.05) is 96.5 Å². The molecule has 0 aliphatic rings. The molecule has 1 aromatic heterocycles. The van der Waals surface area contributed by atoms with Crippen molar-refractivity contribution >= 4 is 16.8 Å². The highest BCUT2D eigenvalue weighted by atomic mass is 16.5. The molecular weight excluding hydrogens is 388 g/mol. The summed E-state index contributed by atoms with van der Waals surface area (Å²) in [6, 6.07) is 27.1. The highest BCUT2D eigenvalue weighted by Crippen LogP contribution is 2.29. The number of aliphatic hydroxyl groups excluding tert-OH is 1. The van der Waals surface area contributed by atoms with Gasteiger partial charge in [-0.15, -0.1) is 0 Å². The third kappa shape index (κ3) is 4.78. The maximum absolute atomic E-state index is 13.0. The van der Waals surface area contributed by atoms with Gasteiger partial charge in [-0.1, -0.05) is 66.7 Å². The summed E-state index contributed by atoms with van der Waals surface area (Å²) in [4.78, 5) is 13.0. The van der Waals surface area contributed by atoms with Crippen LogP contribution < -0.4 is 10.1 Å². The molecule has 4 rings (SSSR count). The maximum atomic E-state index is 13.0. The first-order valence-corrected chi connectivity index (χ1v) is 10.4. The number of benzene rings is 3. The minimum atomic E-state index is -0.360. The van der Waals surface area contributed by atoms with Crippen molar-refractivity contribution in [1.29, 1.82) is 0 Å². The van der Waals surface area contributed by atoms with Crippen molar-refractivity contribution < 1.29 is 14.6 Å². The molecule has 158 valence electrons. The number of nitrogens with one attached hydrogen (secondary N) is 1. The molecule has 4 aromatic rings. The Labute approximate surface area is 181 Å². The molecule has 1 amide bonds. The fourth-order valence-electron chi connectivity index (χ4n) is 3.73. The van der Waals surface area contributed by atoms with Crippen LogP contribution in [0.1, 0.15) is 21.6 Å². The van der Waals surface area contributed by atoms with Gasteiger partial charge in [-0.05, 0) is 35.7 Å². The van der Waals surface area contributed by atoms with Crippen LogP contribution in [-0.2, 0) is 20.1 Å². The van der Waals surface area contributed by atoms with Crippen LogP contribution in [0.2, 0.25) is 0 Å². The SMILES string of the molecule is Cn1c(C(=O)NC(CO)Cc2ccccc2)cc2c(OCc3ccccc3)cccc21. The molecule has 0 spiro atoms. The van der Waals surface area contributed by atoms with Crippen molar-refractivity contribution in [3.63, 3.8) is 0 Å². The van der Waals surface area contributed by atoms with Crippen molar-refractivity contribution in [1.82, 2.24) is 9.88 Å². The van der Waals surface area contributed by atoms with Gasteiger partial charge < -0.3 is 19.7 Å². The lowest BCUT2D eigenvalue weighted by atomic mass is 10.1. The molecule has 0 saturated heterocycles. The Hall–Kier alpha value is -3.57. The number of ether oxygens (including phenoxy) is 1. The minimum absolute atomic E-state index is 0.129. The van der Waals surface area contributed by atoms with Crippen LogP contribution in [0.4, 0.5) is 0 Å². The van der Waals surface area contributed by atoms with Gasteiger partial charge >= 0.3 is 0 Å². The van der Waals surface area contributed by atoms with E-state index < -0.39 is 0 Å². The third-order valence-electron chi connectivity index (χ3n) is 5.40. The highest BCUT2D eigenvalue weighted by Gasteiger charge is 2.19. The Morgan fingerprint density at radius 2 is 1.65 bits per heavy atom. The highest BCUT2D eigenvalue weighted by molar-refractivity contribution is 6.00. The number of carbonyl (C=O) groups excluding carboxylic acids is 1. The molecule has 2 N–H and O–H groups in total. The lowest BCUT2D eigenvalue weighted by Crippen LogP contribution is -2.39. The number of fused-ring (bicyclic) bond motifs is 1. The molecule has 5 nitrogen and oxygen atoms in total. The molecule has 0 aliphatic heterocycles. The first kappa shape index (κ1) is 20.7. The fraction of sp³-hybridized carbons (Fsp3) is 0.192. The molecule has 0 saturated carbocycles. The molecule has 0 aliphatic carbocycles. The monoisotopic (exact) mass is 414 g/mol. The zero-order chi connectivity index (χ0) is 21.6. The number of amides is 1. The van der Waals surface area contributed by atoms with Gasteiger partial charge in [-0.3, -0.25) is 4.79 Å². The van der Waals surface area contributed by atoms with E-state index in [0.29, 0.717) is 18.7 Å². The number of aliphatic hydroxyl groups is 1. The molecule has 1 heterocycles. The van der Waals surface area contributed by atoms with E-state index in [0.717, 1.165) is 27.8 Å². The number of rotatable bonds is 8. The molecule has 0 radical (unpaired) electrons. The molecule has 0 bridgehead atoms. The average Bonchev–Trinajstić information content (AvgIpc) is 3.16. The molecule has 1 atom stereocenters. The van der Waals surface area contributed by atoms with Gasteiger partial charge in [0.05, 0.1) is 18.2 Å². The summed E-state index contributed by atoms with van der Waals surface area (Å²) in [5, 5.41) is 13.6. The predicted molar refractivity (Wildman–Crippen MR) is 122 cm³/mol. The lowest BCUT2D eigenvalue weighted by molar-refractivity contribution is 0.0908. The van der Waals surface area contributed by atoms with E-state index in [4.69, 9.17) is 4.74 Å². The number of hydrogen-bond acceptors (Lipinski definition) is 3. The van der Waals surface area contributed by atoms with Gasteiger partial charge in [0.1, 0.15) is 18.1 Å². The molecule has 1 unspecified atom stereocenters. The predicted octanol–water partition coefficient (Wildman–Crippen LogP) is 4.09. The molecule has 5 heteroatoms. The first-order chi connectivity index (χ1) is 15.2. The smallest absolute Gasteiger partial charge is 0.268 e. The summed E-state index contributed by atoms with van der Waals surface area (Å²) in [6.07, 6.45) is 0.568. The van der Waals surface area contributed by atoms with Crippen LogP contribution in [-0.4, -0.2) is 28.2 Å². The summed E-state index contributed by atoms with van der Waals surface area (Å²) in [5.41, 5.74) is 3.59. The van der Waals surface area contributed by atoms with Crippen molar-refractivity contribution in [3.05, 3.63) is 102 Å². The maximum Gasteiger partial charge on any atom is 0.268 e. The van der Waals surface area contributed by atoms with E-state index in [1.54, 1.807) is 0 Å². The van der Waals surface area contributed by atoms with Gasteiger partial charge in [0.25, 0.3) is 5.91 Å². The molecular formula is C26H26N2O3. The molecule has 3 aromatic carbocycles. The van der Waals surface area contributed by atoms with Gasteiger partial charge in [0.2, 0.25) is 0 Å². The standard InChI is InChI=1S/C26H26N2O3/c1-28-23-13-8-14-25(31-18-20-11-6-3-7-12-20)22(23)16-24(28)26(30)27-21(17-29)15-19-9-4-2-5-10-19/h2-14,16,21,29H,15,17-18H2,1H3,(H,27,30). The van der Waals surface area contributed by atoms with Crippen LogP contribution in [0.5, 0.6) is 5.75 Å². The van der Waals surface area contributed by atoms with Gasteiger partial charge in [0.15, 0.2) is 0 Å². The first-order valence-electron chi connectivity index (χ1n) is 10.4. The van der Waals surface area contributed by atoms with Crippen LogP contribution in [0, 0.1) is 0 Å². The van der Waals surface area contributed by atoms with E-state index in [9.17, 15) is 9.90 Å². The number of aromatic nitrogens is 1. The zero-order valence-electron chi connectivity index (χ0n) is 17.5. The van der Waals surface area contributed by atoms with Crippen LogP contribution in [0.3, 0.4) is 0 Å². The number of aryl methyl sites for hydroxylation is 1. The Balaban J connectivity index is 1.53. The van der Waals surface area contributed by atoms with Crippen LogP contribution >= 0.6 is 0 Å². The fourth-order valence-corrected chi connectivity index (χ4v) is 3.73. The van der Waals surface area contributed by atoms with E-state index in [1.165, 1.54) is 0 Å². The summed E-state index contributed by atoms with van der Waals surface area (Å²) < 4.78 is 7.91. The van der Waals surface area contributed by atoms with Crippen molar-refractivity contribution in [2.75, 3.05) is 6.61 Å². The average molecular weight is 415 g/mol. The van der Waals surface area contributed by atoms with Gasteiger partial charge in [0, 0.05) is 12.4 Å². The second kappa shape index (κ2) is 9.49. The zero-order valence-corrected chi connectivity index (χ0v) is 17.5. The summed E-state index contributed by atoms with van der Waals surface area (Å²) >= 11 is 0.